The molecule has 1 fully saturated rings. The number of ether oxygens (including phenoxy) is 2. The Morgan fingerprint density at radius 1 is 1.10 bits per heavy atom. The number of carbonyl (C=O) groups is 1. The predicted molar refractivity (Wildman–Crippen MR) is 117 cm³/mol. The van der Waals surface area contributed by atoms with E-state index < -0.39 is 12.2 Å². The largest absolute Gasteiger partial charge is 0.508 e. The number of rotatable bonds is 7. The molecule has 8 heteroatoms. The lowest BCUT2D eigenvalue weighted by molar-refractivity contribution is -0.117. The van der Waals surface area contributed by atoms with Gasteiger partial charge in [0.2, 0.25) is 5.91 Å². The number of benzene rings is 2. The average Bonchev–Trinajstić information content (AvgIpc) is 2.79. The van der Waals surface area contributed by atoms with Crippen LogP contribution in [0.1, 0.15) is 12.8 Å². The number of aliphatic hydroxyl groups excluding tert-OH is 1. The number of nitrogens with one attached hydrogen (secondary N) is 2. The van der Waals surface area contributed by atoms with Gasteiger partial charge in [-0.2, -0.15) is 0 Å². The van der Waals surface area contributed by atoms with E-state index in [-0.39, 0.29) is 11.7 Å². The minimum absolute atomic E-state index is 0.0674. The van der Waals surface area contributed by atoms with E-state index in [0.29, 0.717) is 42.9 Å². The Morgan fingerprint density at radius 2 is 1.81 bits per heavy atom. The first-order valence-electron chi connectivity index (χ1n) is 10.7. The van der Waals surface area contributed by atoms with Gasteiger partial charge < -0.3 is 30.3 Å². The van der Waals surface area contributed by atoms with E-state index in [1.807, 2.05) is 24.3 Å². The zero-order valence-corrected chi connectivity index (χ0v) is 17.4. The number of phenols is 1. The first kappa shape index (κ1) is 21.4. The molecule has 2 aliphatic rings. The molecule has 1 saturated heterocycles. The van der Waals surface area contributed by atoms with Gasteiger partial charge in [0.1, 0.15) is 18.5 Å². The summed E-state index contributed by atoms with van der Waals surface area (Å²) in [5.41, 5.74) is 0.671. The van der Waals surface area contributed by atoms with Crippen LogP contribution in [0.5, 0.6) is 17.2 Å². The second-order valence-corrected chi connectivity index (χ2v) is 8.04. The Balaban J connectivity index is 1.15. The molecule has 2 unspecified atom stereocenters. The lowest BCUT2D eigenvalue weighted by Crippen LogP contribution is -2.50. The second-order valence-electron chi connectivity index (χ2n) is 8.04. The molecule has 2 atom stereocenters. The molecule has 0 spiro atoms. The van der Waals surface area contributed by atoms with Crippen molar-refractivity contribution in [3.63, 3.8) is 0 Å². The summed E-state index contributed by atoms with van der Waals surface area (Å²) in [5.74, 6) is 1.48. The van der Waals surface area contributed by atoms with Crippen LogP contribution in [0.3, 0.4) is 0 Å². The zero-order chi connectivity index (χ0) is 21.6. The third kappa shape index (κ3) is 5.88. The molecular formula is C23H29N3O5. The van der Waals surface area contributed by atoms with E-state index in [9.17, 15) is 15.0 Å². The maximum absolute atomic E-state index is 12.2. The Kier molecular flexibility index (Phi) is 6.91. The van der Waals surface area contributed by atoms with Gasteiger partial charge in [-0.25, -0.2) is 0 Å². The van der Waals surface area contributed by atoms with Gasteiger partial charge in [-0.3, -0.25) is 9.69 Å². The first-order valence-corrected chi connectivity index (χ1v) is 10.7. The summed E-state index contributed by atoms with van der Waals surface area (Å²) < 4.78 is 11.5. The molecule has 2 heterocycles. The molecule has 0 radical (unpaired) electrons. The fraction of sp³-hybridized carbons (Fsp3) is 0.435. The highest BCUT2D eigenvalue weighted by Crippen LogP contribution is 2.31. The summed E-state index contributed by atoms with van der Waals surface area (Å²) in [6, 6.07) is 14.2. The molecule has 2 aromatic rings. The Bertz CT molecular complexity index is 868. The number of piperidine rings is 1. The second kappa shape index (κ2) is 10.00. The fourth-order valence-corrected chi connectivity index (χ4v) is 3.89. The highest BCUT2D eigenvalue weighted by atomic mass is 16.6. The molecule has 8 nitrogen and oxygen atoms in total. The molecule has 0 aromatic heterocycles. The quantitative estimate of drug-likeness (QED) is 0.498. The molecule has 1 amide bonds. The molecule has 0 saturated carbocycles. The third-order valence-corrected chi connectivity index (χ3v) is 5.68. The zero-order valence-electron chi connectivity index (χ0n) is 17.4. The van der Waals surface area contributed by atoms with Crippen molar-refractivity contribution in [3.05, 3.63) is 48.5 Å². The van der Waals surface area contributed by atoms with Gasteiger partial charge in [0.15, 0.2) is 17.6 Å². The van der Waals surface area contributed by atoms with Gasteiger partial charge in [0.25, 0.3) is 0 Å². The topological polar surface area (TPSA) is 103 Å². The number of fused-ring (bicyclic) bond motifs is 1. The van der Waals surface area contributed by atoms with Crippen molar-refractivity contribution in [2.45, 2.75) is 31.1 Å². The first-order chi connectivity index (χ1) is 15.1. The lowest BCUT2D eigenvalue weighted by atomic mass is 10.0. The van der Waals surface area contributed by atoms with Crippen LogP contribution in [-0.4, -0.2) is 72.1 Å². The third-order valence-electron chi connectivity index (χ3n) is 5.68. The number of para-hydroxylation sites is 2. The van der Waals surface area contributed by atoms with Crippen molar-refractivity contribution in [3.8, 4) is 17.2 Å². The highest BCUT2D eigenvalue weighted by molar-refractivity contribution is 5.92. The average molecular weight is 428 g/mol. The van der Waals surface area contributed by atoms with Gasteiger partial charge >= 0.3 is 0 Å². The Labute approximate surface area is 181 Å². The summed E-state index contributed by atoms with van der Waals surface area (Å²) in [4.78, 5) is 14.4. The van der Waals surface area contributed by atoms with Gasteiger partial charge in [0, 0.05) is 31.4 Å². The van der Waals surface area contributed by atoms with Crippen molar-refractivity contribution in [2.75, 3.05) is 38.1 Å². The van der Waals surface area contributed by atoms with E-state index in [0.717, 1.165) is 25.9 Å². The molecule has 0 aliphatic carbocycles. The number of anilines is 1. The number of nitrogens with zero attached hydrogens (tertiary/aromatic N) is 1. The number of likely N-dealkylation sites (tertiary alicyclic amines) is 1. The maximum Gasteiger partial charge on any atom is 0.238 e. The molecule has 0 bridgehead atoms. The summed E-state index contributed by atoms with van der Waals surface area (Å²) in [5, 5.41) is 26.1. The van der Waals surface area contributed by atoms with Crippen molar-refractivity contribution in [2.24, 2.45) is 0 Å². The van der Waals surface area contributed by atoms with Crippen molar-refractivity contribution < 1.29 is 24.5 Å². The number of phenolic OH excluding ortho intramolecular Hbond substituents is 1. The van der Waals surface area contributed by atoms with Crippen LogP contribution < -0.4 is 20.1 Å². The molecule has 166 valence electrons. The number of hydrogen-bond acceptors (Lipinski definition) is 7. The van der Waals surface area contributed by atoms with Crippen molar-refractivity contribution in [1.82, 2.24) is 10.2 Å². The Hall–Kier alpha value is -2.81. The molecule has 2 aromatic carbocycles. The monoisotopic (exact) mass is 427 g/mol. The summed E-state index contributed by atoms with van der Waals surface area (Å²) in [6.07, 6.45) is 0.752. The summed E-state index contributed by atoms with van der Waals surface area (Å²) in [6.45, 7) is 2.72. The van der Waals surface area contributed by atoms with Gasteiger partial charge in [-0.15, -0.1) is 0 Å². The molecule has 4 rings (SSSR count). The van der Waals surface area contributed by atoms with E-state index in [1.165, 1.54) is 0 Å². The van der Waals surface area contributed by atoms with E-state index in [2.05, 4.69) is 15.5 Å². The minimum Gasteiger partial charge on any atom is -0.508 e. The molecule has 31 heavy (non-hydrogen) atoms. The van der Waals surface area contributed by atoms with Crippen LogP contribution in [0.25, 0.3) is 0 Å². The van der Waals surface area contributed by atoms with Crippen molar-refractivity contribution >= 4 is 11.6 Å². The van der Waals surface area contributed by atoms with Crippen LogP contribution in [0.15, 0.2) is 48.5 Å². The lowest BCUT2D eigenvalue weighted by Gasteiger charge is -2.34. The maximum atomic E-state index is 12.2. The molecule has 4 N–H and O–H groups in total. The van der Waals surface area contributed by atoms with Gasteiger partial charge in [-0.05, 0) is 49.2 Å². The standard InChI is InChI=1S/C23H29N3O5/c27-18-7-5-17(6-8-18)25-23(29)14-26-11-9-16(10-12-26)24-13-19(28)22-15-30-20-3-1-2-4-21(20)31-22/h1-8,16,19,22,24,27-28H,9-15H2,(H,25,29). The minimum atomic E-state index is -0.664. The number of amides is 1. The van der Waals surface area contributed by atoms with E-state index in [1.54, 1.807) is 24.3 Å². The van der Waals surface area contributed by atoms with Crippen LogP contribution in [-0.2, 0) is 4.79 Å². The smallest absolute Gasteiger partial charge is 0.238 e. The molecule has 2 aliphatic heterocycles. The number of aromatic hydroxyl groups is 1. The van der Waals surface area contributed by atoms with Crippen LogP contribution >= 0.6 is 0 Å². The fourth-order valence-electron chi connectivity index (χ4n) is 3.89. The van der Waals surface area contributed by atoms with Crippen LogP contribution in [0.4, 0.5) is 5.69 Å². The SMILES string of the molecule is O=C(CN1CCC(NCC(O)C2COc3ccccc3O2)CC1)Nc1ccc(O)cc1. The van der Waals surface area contributed by atoms with Crippen LogP contribution in [0.2, 0.25) is 0 Å². The van der Waals surface area contributed by atoms with Gasteiger partial charge in [-0.1, -0.05) is 12.1 Å². The summed E-state index contributed by atoms with van der Waals surface area (Å²) in [7, 11) is 0. The number of carbonyl (C=O) groups excluding carboxylic acids is 1. The van der Waals surface area contributed by atoms with Gasteiger partial charge in [0.05, 0.1) is 6.54 Å². The number of aliphatic hydroxyl groups is 1. The van der Waals surface area contributed by atoms with E-state index in [4.69, 9.17) is 9.47 Å². The Morgan fingerprint density at radius 3 is 2.55 bits per heavy atom. The predicted octanol–water partition coefficient (Wildman–Crippen LogP) is 1.59. The highest BCUT2D eigenvalue weighted by Gasteiger charge is 2.28. The van der Waals surface area contributed by atoms with Crippen LogP contribution in [0, 0.1) is 0 Å². The molecular weight excluding hydrogens is 398 g/mol. The van der Waals surface area contributed by atoms with Crippen molar-refractivity contribution in [1.29, 1.82) is 0 Å². The normalized spacial score (nSPS) is 20.2. The summed E-state index contributed by atoms with van der Waals surface area (Å²) >= 11 is 0. The van der Waals surface area contributed by atoms with E-state index >= 15 is 0 Å². The number of hydrogen-bond donors (Lipinski definition) is 4.